The Morgan fingerprint density at radius 3 is 2.48 bits per heavy atom. The van der Waals surface area contributed by atoms with E-state index in [1.807, 2.05) is 0 Å². The number of carbonyl (C=O) groups is 1. The van der Waals surface area contributed by atoms with Gasteiger partial charge in [0.15, 0.2) is 0 Å². The van der Waals surface area contributed by atoms with Crippen LogP contribution in [0.3, 0.4) is 0 Å². The van der Waals surface area contributed by atoms with Crippen LogP contribution in [0.15, 0.2) is 114 Å². The van der Waals surface area contributed by atoms with Crippen LogP contribution < -0.4 is 10.6 Å². The van der Waals surface area contributed by atoms with Crippen LogP contribution in [0, 0.1) is 5.92 Å². The highest BCUT2D eigenvalue weighted by Crippen LogP contribution is 2.41. The van der Waals surface area contributed by atoms with Gasteiger partial charge in [0.05, 0.1) is 24.0 Å². The second-order valence-electron chi connectivity index (χ2n) is 11.1. The first-order chi connectivity index (χ1) is 22.6. The third kappa shape index (κ3) is 10.2. The van der Waals surface area contributed by atoms with E-state index >= 15 is 4.39 Å². The number of alkyl halides is 7. The molecule has 48 heavy (non-hydrogen) atoms. The number of allylic oxidation sites excluding steroid dienone is 6. The third-order valence-corrected chi connectivity index (χ3v) is 7.75. The lowest BCUT2D eigenvalue weighted by atomic mass is 9.69. The van der Waals surface area contributed by atoms with Crippen molar-refractivity contribution in [2.75, 3.05) is 26.8 Å². The number of halogens is 9. The molecule has 0 bridgehead atoms. The number of hydrogen-bond donors (Lipinski definition) is 2. The molecule has 1 aromatic carbocycles. The number of benzene rings is 1. The third-order valence-electron chi connectivity index (χ3n) is 7.75. The lowest BCUT2D eigenvalue weighted by Gasteiger charge is -2.43. The van der Waals surface area contributed by atoms with E-state index in [9.17, 15) is 39.9 Å². The molecule has 0 saturated heterocycles. The van der Waals surface area contributed by atoms with Gasteiger partial charge < -0.3 is 20.1 Å². The second kappa shape index (κ2) is 16.9. The molecule has 0 radical (unpaired) electrons. The standard InChI is InChI=1S/C34H35F9N2O3/c1-22(17-28(13-14-35)48-34(42,43)31(37)38)32(20-23-7-4-3-5-8-23,26-11-12-29(36)25(19-26)21-44-15-16-47-2)45-30(46)24-9-6-10-27(18-24)33(39,40)41/h3-5,7-8,10-14,17-18,26,31,44H,1,6,9,15-16,19-21H2,2H3,(H,45,46)/b14-13+,28-17+/t26?,32-/m0/s1. The van der Waals surface area contributed by atoms with Crippen LogP contribution in [0.2, 0.25) is 0 Å². The van der Waals surface area contributed by atoms with Crippen LogP contribution in [-0.4, -0.2) is 57.0 Å². The summed E-state index contributed by atoms with van der Waals surface area (Å²) < 4.78 is 132. The van der Waals surface area contributed by atoms with Crippen molar-refractivity contribution in [1.29, 1.82) is 0 Å². The van der Waals surface area contributed by atoms with E-state index in [4.69, 9.17) is 4.74 Å². The Balaban J connectivity index is 2.20. The van der Waals surface area contributed by atoms with Gasteiger partial charge in [-0.25, -0.2) is 8.78 Å². The van der Waals surface area contributed by atoms with Crippen LogP contribution in [0.5, 0.6) is 0 Å². The molecule has 14 heteroatoms. The molecule has 3 rings (SSSR count). The van der Waals surface area contributed by atoms with Crippen LogP contribution in [0.4, 0.5) is 39.5 Å². The van der Waals surface area contributed by atoms with E-state index in [1.54, 1.807) is 30.3 Å². The summed E-state index contributed by atoms with van der Waals surface area (Å²) >= 11 is 0. The molecule has 0 fully saturated rings. The Hall–Kier alpha value is -4.04. The second-order valence-corrected chi connectivity index (χ2v) is 11.1. The minimum Gasteiger partial charge on any atom is -0.428 e. The fourth-order valence-electron chi connectivity index (χ4n) is 5.31. The van der Waals surface area contributed by atoms with Gasteiger partial charge in [0.2, 0.25) is 5.91 Å². The number of methoxy groups -OCH3 is 1. The fourth-order valence-corrected chi connectivity index (χ4v) is 5.31. The highest BCUT2D eigenvalue weighted by molar-refractivity contribution is 5.95. The van der Waals surface area contributed by atoms with E-state index in [2.05, 4.69) is 21.9 Å². The van der Waals surface area contributed by atoms with Crippen molar-refractivity contribution < 1.29 is 53.8 Å². The number of hydrogen-bond acceptors (Lipinski definition) is 4. The molecule has 0 saturated carbocycles. The maximum Gasteiger partial charge on any atom is 0.461 e. The number of nitrogens with one attached hydrogen (secondary N) is 2. The molecule has 0 aromatic heterocycles. The summed E-state index contributed by atoms with van der Waals surface area (Å²) in [6.07, 6.45) is -9.65. The Bertz CT molecular complexity index is 1480. The van der Waals surface area contributed by atoms with Gasteiger partial charge in [-0.1, -0.05) is 49.1 Å². The normalized spacial score (nSPS) is 18.9. The van der Waals surface area contributed by atoms with E-state index in [-0.39, 0.29) is 55.3 Å². The molecule has 1 amide bonds. The average Bonchev–Trinajstić information content (AvgIpc) is 3.03. The number of carbonyl (C=O) groups excluding carboxylic acids is 1. The van der Waals surface area contributed by atoms with Crippen molar-refractivity contribution in [1.82, 2.24) is 10.6 Å². The SMILES string of the molecule is C=C(/C=C(\C=C\F)OC(F)(F)C(F)F)[C@](Cc1ccccc1)(NC(=O)C1=CC(C(F)(F)F)=CCC1)C1C=CC(F)=C(CNCCOC)C1. The molecule has 0 aliphatic heterocycles. The van der Waals surface area contributed by atoms with Crippen molar-refractivity contribution in [2.45, 2.75) is 49.9 Å². The van der Waals surface area contributed by atoms with Gasteiger partial charge in [0, 0.05) is 44.2 Å². The zero-order chi connectivity index (χ0) is 35.5. The summed E-state index contributed by atoms with van der Waals surface area (Å²) in [6.45, 7) is 4.61. The van der Waals surface area contributed by atoms with Gasteiger partial charge in [-0.05, 0) is 54.2 Å². The zero-order valence-electron chi connectivity index (χ0n) is 25.9. The molecular weight excluding hydrogens is 655 g/mol. The Morgan fingerprint density at radius 1 is 1.15 bits per heavy atom. The zero-order valence-corrected chi connectivity index (χ0v) is 25.9. The molecule has 5 nitrogen and oxygen atoms in total. The van der Waals surface area contributed by atoms with Crippen LogP contribution in [0.25, 0.3) is 0 Å². The minimum atomic E-state index is -5.05. The van der Waals surface area contributed by atoms with Gasteiger partial charge in [-0.3, -0.25) is 4.79 Å². The molecular formula is C34H35F9N2O3. The Labute approximate surface area is 272 Å². The average molecular weight is 691 g/mol. The first-order valence-electron chi connectivity index (χ1n) is 14.8. The number of amides is 1. The topological polar surface area (TPSA) is 59.6 Å². The van der Waals surface area contributed by atoms with Gasteiger partial charge in [0.25, 0.3) is 0 Å². The van der Waals surface area contributed by atoms with Crippen LogP contribution in [0.1, 0.15) is 24.8 Å². The summed E-state index contributed by atoms with van der Waals surface area (Å²) in [4.78, 5) is 13.8. The molecule has 0 spiro atoms. The maximum absolute atomic E-state index is 15.1. The predicted molar refractivity (Wildman–Crippen MR) is 162 cm³/mol. The van der Waals surface area contributed by atoms with Crippen LogP contribution >= 0.6 is 0 Å². The van der Waals surface area contributed by atoms with Gasteiger partial charge in [0.1, 0.15) is 11.6 Å². The van der Waals surface area contributed by atoms with Crippen molar-refractivity contribution >= 4 is 5.91 Å². The minimum absolute atomic E-state index is 0.0260. The number of rotatable bonds is 16. The molecule has 2 aliphatic carbocycles. The predicted octanol–water partition coefficient (Wildman–Crippen LogP) is 8.13. The quantitative estimate of drug-likeness (QED) is 0.0797. The number of ether oxygens (including phenoxy) is 2. The summed E-state index contributed by atoms with van der Waals surface area (Å²) in [5.41, 5.74) is -2.67. The highest BCUT2D eigenvalue weighted by atomic mass is 19.4. The summed E-state index contributed by atoms with van der Waals surface area (Å²) in [7, 11) is 1.48. The summed E-state index contributed by atoms with van der Waals surface area (Å²) in [5.74, 6) is -3.62. The van der Waals surface area contributed by atoms with Crippen molar-refractivity contribution in [3.05, 3.63) is 119 Å². The Kier molecular flexibility index (Phi) is 13.5. The van der Waals surface area contributed by atoms with E-state index in [0.29, 0.717) is 30.9 Å². The Morgan fingerprint density at radius 2 is 1.85 bits per heavy atom. The van der Waals surface area contributed by atoms with Crippen LogP contribution in [-0.2, 0) is 20.7 Å². The largest absolute Gasteiger partial charge is 0.461 e. The smallest absolute Gasteiger partial charge is 0.428 e. The van der Waals surface area contributed by atoms with Crippen molar-refractivity contribution in [3.63, 3.8) is 0 Å². The van der Waals surface area contributed by atoms with E-state index in [1.165, 1.54) is 13.2 Å². The lowest BCUT2D eigenvalue weighted by molar-refractivity contribution is -0.279. The van der Waals surface area contributed by atoms with Gasteiger partial charge >= 0.3 is 18.7 Å². The molecule has 2 atom stereocenters. The highest BCUT2D eigenvalue weighted by Gasteiger charge is 2.46. The first-order valence-corrected chi connectivity index (χ1v) is 14.8. The van der Waals surface area contributed by atoms with Gasteiger partial charge in [-0.15, -0.1) is 0 Å². The van der Waals surface area contributed by atoms with E-state index < -0.39 is 53.2 Å². The maximum atomic E-state index is 15.1. The fraction of sp³-hybridized carbons (Fsp3) is 0.382. The molecule has 262 valence electrons. The van der Waals surface area contributed by atoms with E-state index in [0.717, 1.165) is 18.2 Å². The first kappa shape index (κ1) is 38.4. The summed E-state index contributed by atoms with van der Waals surface area (Å²) in [6, 6.07) is 8.26. The summed E-state index contributed by atoms with van der Waals surface area (Å²) in [5, 5.41) is 5.75. The molecule has 2 N–H and O–H groups in total. The molecule has 1 aromatic rings. The van der Waals surface area contributed by atoms with Gasteiger partial charge in [-0.2, -0.15) is 30.7 Å². The molecule has 0 heterocycles. The van der Waals surface area contributed by atoms with Crippen molar-refractivity contribution in [3.8, 4) is 0 Å². The molecule has 2 aliphatic rings. The monoisotopic (exact) mass is 690 g/mol. The molecule has 1 unspecified atom stereocenters. The lowest BCUT2D eigenvalue weighted by Crippen LogP contribution is -2.57. The van der Waals surface area contributed by atoms with Crippen molar-refractivity contribution in [2.24, 2.45) is 5.92 Å².